The van der Waals surface area contributed by atoms with Crippen LogP contribution in [0.3, 0.4) is 0 Å². The fourth-order valence-corrected chi connectivity index (χ4v) is 1.90. The van der Waals surface area contributed by atoms with E-state index in [0.29, 0.717) is 26.2 Å². The minimum Gasteiger partial charge on any atom is -0.355 e. The Labute approximate surface area is 114 Å². The zero-order chi connectivity index (χ0) is 14.1. The molecule has 19 heavy (non-hydrogen) atoms. The lowest BCUT2D eigenvalue weighted by Crippen LogP contribution is -2.53. The molecule has 3 amide bonds. The number of hydrogen-bond donors (Lipinski definition) is 2. The molecule has 0 bridgehead atoms. The molecule has 1 aliphatic heterocycles. The van der Waals surface area contributed by atoms with Crippen molar-refractivity contribution in [3.05, 3.63) is 12.7 Å². The summed E-state index contributed by atoms with van der Waals surface area (Å²) in [7, 11) is 0. The van der Waals surface area contributed by atoms with Gasteiger partial charge in [-0.15, -0.1) is 6.58 Å². The highest BCUT2D eigenvalue weighted by Crippen LogP contribution is 2.01. The standard InChI is InChI=1S/C13H24N4O2/c1-3-5-14-12(18)11-16-7-9-17(10-8-16)13(19)15-6-4-2/h4H,2-3,5-11H2,1H3,(H,14,18)(H,15,19). The Balaban J connectivity index is 2.23. The molecule has 0 unspecified atom stereocenters. The number of carbonyl (C=O) groups is 2. The summed E-state index contributed by atoms with van der Waals surface area (Å²) in [6, 6.07) is -0.0602. The van der Waals surface area contributed by atoms with Crippen LogP contribution in [-0.2, 0) is 4.79 Å². The van der Waals surface area contributed by atoms with Crippen molar-refractivity contribution in [3.8, 4) is 0 Å². The molecule has 1 heterocycles. The van der Waals surface area contributed by atoms with Crippen molar-refractivity contribution in [2.24, 2.45) is 0 Å². The van der Waals surface area contributed by atoms with Gasteiger partial charge in [0.25, 0.3) is 0 Å². The number of nitrogens with one attached hydrogen (secondary N) is 2. The summed E-state index contributed by atoms with van der Waals surface area (Å²) in [5.74, 6) is 0.0615. The predicted molar refractivity (Wildman–Crippen MR) is 74.9 cm³/mol. The zero-order valence-corrected chi connectivity index (χ0v) is 11.7. The van der Waals surface area contributed by atoms with Gasteiger partial charge in [0, 0.05) is 39.3 Å². The number of piperazine rings is 1. The minimum atomic E-state index is -0.0602. The molecule has 0 spiro atoms. The highest BCUT2D eigenvalue weighted by molar-refractivity contribution is 5.78. The first-order valence-corrected chi connectivity index (χ1v) is 6.80. The maximum Gasteiger partial charge on any atom is 0.317 e. The van der Waals surface area contributed by atoms with Crippen molar-refractivity contribution in [3.63, 3.8) is 0 Å². The smallest absolute Gasteiger partial charge is 0.317 e. The maximum absolute atomic E-state index is 11.7. The van der Waals surface area contributed by atoms with Gasteiger partial charge < -0.3 is 15.5 Å². The van der Waals surface area contributed by atoms with Gasteiger partial charge in [-0.05, 0) is 6.42 Å². The molecule has 6 heteroatoms. The number of carbonyl (C=O) groups excluding carboxylic acids is 2. The second-order valence-corrected chi connectivity index (χ2v) is 4.59. The molecule has 1 saturated heterocycles. The first-order chi connectivity index (χ1) is 9.17. The van der Waals surface area contributed by atoms with E-state index >= 15 is 0 Å². The quantitative estimate of drug-likeness (QED) is 0.668. The largest absolute Gasteiger partial charge is 0.355 e. The molecule has 1 aliphatic rings. The third kappa shape index (κ3) is 5.74. The number of rotatable bonds is 6. The van der Waals surface area contributed by atoms with Gasteiger partial charge in [-0.1, -0.05) is 13.0 Å². The first-order valence-electron chi connectivity index (χ1n) is 6.80. The summed E-state index contributed by atoms with van der Waals surface area (Å²) in [5, 5.41) is 5.61. The van der Waals surface area contributed by atoms with E-state index in [9.17, 15) is 9.59 Å². The monoisotopic (exact) mass is 268 g/mol. The first kappa shape index (κ1) is 15.5. The fraction of sp³-hybridized carbons (Fsp3) is 0.692. The summed E-state index contributed by atoms with van der Waals surface area (Å²) >= 11 is 0. The Morgan fingerprint density at radius 1 is 1.21 bits per heavy atom. The molecular formula is C13H24N4O2. The van der Waals surface area contributed by atoms with Crippen LogP contribution in [0, 0.1) is 0 Å². The van der Waals surface area contributed by atoms with Gasteiger partial charge in [-0.25, -0.2) is 4.79 Å². The minimum absolute atomic E-state index is 0.0602. The lowest BCUT2D eigenvalue weighted by molar-refractivity contribution is -0.122. The number of amides is 3. The second-order valence-electron chi connectivity index (χ2n) is 4.59. The van der Waals surface area contributed by atoms with Crippen LogP contribution >= 0.6 is 0 Å². The average molecular weight is 268 g/mol. The third-order valence-electron chi connectivity index (χ3n) is 3.00. The summed E-state index contributed by atoms with van der Waals surface area (Å²) < 4.78 is 0. The number of urea groups is 1. The average Bonchev–Trinajstić information content (AvgIpc) is 2.43. The van der Waals surface area contributed by atoms with Crippen molar-refractivity contribution < 1.29 is 9.59 Å². The van der Waals surface area contributed by atoms with E-state index in [1.54, 1.807) is 11.0 Å². The maximum atomic E-state index is 11.7. The number of hydrogen-bond acceptors (Lipinski definition) is 3. The summed E-state index contributed by atoms with van der Waals surface area (Å²) in [4.78, 5) is 27.1. The molecule has 0 aliphatic carbocycles. The van der Waals surface area contributed by atoms with Gasteiger partial charge in [-0.3, -0.25) is 9.69 Å². The Morgan fingerprint density at radius 3 is 2.47 bits per heavy atom. The molecule has 108 valence electrons. The van der Waals surface area contributed by atoms with Crippen molar-refractivity contribution in [2.75, 3.05) is 45.8 Å². The molecule has 0 saturated carbocycles. The molecule has 0 aromatic rings. The molecule has 0 radical (unpaired) electrons. The molecule has 0 atom stereocenters. The highest BCUT2D eigenvalue weighted by atomic mass is 16.2. The van der Waals surface area contributed by atoms with E-state index < -0.39 is 0 Å². The van der Waals surface area contributed by atoms with Crippen LogP contribution in [0.15, 0.2) is 12.7 Å². The van der Waals surface area contributed by atoms with E-state index in [4.69, 9.17) is 0 Å². The lowest BCUT2D eigenvalue weighted by Gasteiger charge is -2.34. The van der Waals surface area contributed by atoms with Gasteiger partial charge in [0.2, 0.25) is 5.91 Å². The molecular weight excluding hydrogens is 244 g/mol. The van der Waals surface area contributed by atoms with Gasteiger partial charge >= 0.3 is 6.03 Å². The molecule has 0 aromatic heterocycles. The Kier molecular flexibility index (Phi) is 6.95. The Hall–Kier alpha value is -1.56. The van der Waals surface area contributed by atoms with Crippen molar-refractivity contribution in [2.45, 2.75) is 13.3 Å². The third-order valence-corrected chi connectivity index (χ3v) is 3.00. The van der Waals surface area contributed by atoms with Crippen molar-refractivity contribution >= 4 is 11.9 Å². The number of nitrogens with zero attached hydrogens (tertiary/aromatic N) is 2. The lowest BCUT2D eigenvalue weighted by atomic mass is 10.3. The summed E-state index contributed by atoms with van der Waals surface area (Å²) in [5.41, 5.74) is 0. The summed E-state index contributed by atoms with van der Waals surface area (Å²) in [6.45, 7) is 10.0. The van der Waals surface area contributed by atoms with Crippen LogP contribution in [0.5, 0.6) is 0 Å². The second kappa shape index (κ2) is 8.53. The summed E-state index contributed by atoms with van der Waals surface area (Å²) in [6.07, 6.45) is 2.61. The normalized spacial score (nSPS) is 15.9. The molecule has 1 rings (SSSR count). The Morgan fingerprint density at radius 2 is 1.89 bits per heavy atom. The topological polar surface area (TPSA) is 64.7 Å². The van der Waals surface area contributed by atoms with E-state index in [-0.39, 0.29) is 11.9 Å². The van der Waals surface area contributed by atoms with Crippen LogP contribution in [0.2, 0.25) is 0 Å². The predicted octanol–water partition coefficient (Wildman–Crippen LogP) is 0.0258. The zero-order valence-electron chi connectivity index (χ0n) is 11.7. The Bertz CT molecular complexity index is 312. The van der Waals surface area contributed by atoms with Crippen LogP contribution in [-0.4, -0.2) is 67.6 Å². The van der Waals surface area contributed by atoms with E-state index in [1.807, 2.05) is 6.92 Å². The van der Waals surface area contributed by atoms with Crippen LogP contribution < -0.4 is 10.6 Å². The van der Waals surface area contributed by atoms with E-state index in [1.165, 1.54) is 0 Å². The SMILES string of the molecule is C=CCNC(=O)N1CCN(CC(=O)NCCC)CC1. The van der Waals surface area contributed by atoms with Gasteiger partial charge in [0.05, 0.1) is 6.54 Å². The van der Waals surface area contributed by atoms with E-state index in [2.05, 4.69) is 22.1 Å². The van der Waals surface area contributed by atoms with Gasteiger partial charge in [0.1, 0.15) is 0 Å². The molecule has 6 nitrogen and oxygen atoms in total. The van der Waals surface area contributed by atoms with Crippen LogP contribution in [0.4, 0.5) is 4.79 Å². The fourth-order valence-electron chi connectivity index (χ4n) is 1.90. The molecule has 2 N–H and O–H groups in total. The molecule has 0 aromatic carbocycles. The van der Waals surface area contributed by atoms with E-state index in [0.717, 1.165) is 26.1 Å². The molecule has 1 fully saturated rings. The highest BCUT2D eigenvalue weighted by Gasteiger charge is 2.21. The van der Waals surface area contributed by atoms with Crippen LogP contribution in [0.25, 0.3) is 0 Å². The van der Waals surface area contributed by atoms with Crippen molar-refractivity contribution in [1.82, 2.24) is 20.4 Å². The van der Waals surface area contributed by atoms with Crippen LogP contribution in [0.1, 0.15) is 13.3 Å². The van der Waals surface area contributed by atoms with Gasteiger partial charge in [0.15, 0.2) is 0 Å². The van der Waals surface area contributed by atoms with Crippen molar-refractivity contribution in [1.29, 1.82) is 0 Å². The van der Waals surface area contributed by atoms with Gasteiger partial charge in [-0.2, -0.15) is 0 Å².